The summed E-state index contributed by atoms with van der Waals surface area (Å²) in [6.07, 6.45) is 1.51. The maximum Gasteiger partial charge on any atom is 0.320 e. The van der Waals surface area contributed by atoms with Crippen molar-refractivity contribution in [3.05, 3.63) is 0 Å². The minimum absolute atomic E-state index is 0.364. The van der Waals surface area contributed by atoms with Gasteiger partial charge in [-0.1, -0.05) is 6.92 Å². The van der Waals surface area contributed by atoms with Gasteiger partial charge < -0.3 is 9.84 Å². The predicted octanol–water partition coefficient (Wildman–Crippen LogP) is 0.818. The molecule has 0 heterocycles. The van der Waals surface area contributed by atoms with Gasteiger partial charge >= 0.3 is 5.97 Å². The number of ether oxygens (including phenoxy) is 1. The van der Waals surface area contributed by atoms with E-state index < -0.39 is 5.97 Å². The van der Waals surface area contributed by atoms with E-state index in [0.29, 0.717) is 13.0 Å². The number of hydrogen-bond donors (Lipinski definition) is 1. The van der Waals surface area contributed by atoms with Crippen LogP contribution in [0.1, 0.15) is 19.8 Å². The fourth-order valence-electron chi connectivity index (χ4n) is 1.29. The molecule has 4 nitrogen and oxygen atoms in total. The van der Waals surface area contributed by atoms with Crippen LogP contribution in [0.15, 0.2) is 0 Å². The Morgan fingerprint density at radius 3 is 2.62 bits per heavy atom. The number of aliphatic carboxylic acids is 1. The minimum Gasteiger partial charge on any atom is -0.480 e. The molecule has 0 amide bonds. The summed E-state index contributed by atoms with van der Waals surface area (Å²) >= 11 is 0. The van der Waals surface area contributed by atoms with Crippen LogP contribution in [0.2, 0.25) is 0 Å². The van der Waals surface area contributed by atoms with Crippen LogP contribution < -0.4 is 0 Å². The molecule has 0 aromatic heterocycles. The van der Waals surface area contributed by atoms with Gasteiger partial charge in [0.25, 0.3) is 0 Å². The van der Waals surface area contributed by atoms with E-state index in [9.17, 15) is 4.79 Å². The molecule has 0 aliphatic heterocycles. The largest absolute Gasteiger partial charge is 0.480 e. The van der Waals surface area contributed by atoms with Gasteiger partial charge in [-0.3, -0.25) is 9.69 Å². The first kappa shape index (κ1) is 12.4. The van der Waals surface area contributed by atoms with Gasteiger partial charge in [0, 0.05) is 20.3 Å². The van der Waals surface area contributed by atoms with Gasteiger partial charge in [-0.25, -0.2) is 0 Å². The molecule has 0 radical (unpaired) electrons. The first-order valence-corrected chi connectivity index (χ1v) is 4.55. The molecule has 0 fully saturated rings. The van der Waals surface area contributed by atoms with Gasteiger partial charge in [0.1, 0.15) is 6.04 Å². The smallest absolute Gasteiger partial charge is 0.320 e. The molecular weight excluding hydrogens is 170 g/mol. The monoisotopic (exact) mass is 189 g/mol. The molecule has 0 aromatic carbocycles. The zero-order valence-electron chi connectivity index (χ0n) is 8.62. The van der Waals surface area contributed by atoms with Gasteiger partial charge in [-0.15, -0.1) is 0 Å². The van der Waals surface area contributed by atoms with Gasteiger partial charge in [0.2, 0.25) is 0 Å². The van der Waals surface area contributed by atoms with E-state index in [1.165, 1.54) is 0 Å². The second kappa shape index (κ2) is 6.86. The summed E-state index contributed by atoms with van der Waals surface area (Å²) in [5.74, 6) is -0.748. The van der Waals surface area contributed by atoms with Crippen molar-refractivity contribution in [1.29, 1.82) is 0 Å². The standard InChI is InChI=1S/C9H19NO3/c1-4-8(9(11)12)10(2)6-5-7-13-3/h8H,4-7H2,1-3H3,(H,11,12). The Labute approximate surface area is 79.5 Å². The molecule has 0 spiro atoms. The van der Waals surface area contributed by atoms with E-state index in [4.69, 9.17) is 9.84 Å². The number of carbonyl (C=O) groups is 1. The van der Waals surface area contributed by atoms with E-state index in [0.717, 1.165) is 13.0 Å². The quantitative estimate of drug-likeness (QED) is 0.602. The summed E-state index contributed by atoms with van der Waals surface area (Å²) in [7, 11) is 3.48. The minimum atomic E-state index is -0.748. The maximum atomic E-state index is 10.7. The van der Waals surface area contributed by atoms with E-state index in [-0.39, 0.29) is 6.04 Å². The number of carboxylic acids is 1. The lowest BCUT2D eigenvalue weighted by molar-refractivity contribution is -0.142. The molecule has 0 saturated carbocycles. The first-order chi connectivity index (χ1) is 6.13. The number of rotatable bonds is 7. The van der Waals surface area contributed by atoms with Gasteiger partial charge in [0.15, 0.2) is 0 Å². The van der Waals surface area contributed by atoms with Gasteiger partial charge in [-0.05, 0) is 19.9 Å². The summed E-state index contributed by atoms with van der Waals surface area (Å²) < 4.78 is 4.89. The second-order valence-electron chi connectivity index (χ2n) is 3.09. The highest BCUT2D eigenvalue weighted by atomic mass is 16.5. The van der Waals surface area contributed by atoms with Crippen LogP contribution in [-0.2, 0) is 9.53 Å². The van der Waals surface area contributed by atoms with E-state index in [1.54, 1.807) is 7.11 Å². The fourth-order valence-corrected chi connectivity index (χ4v) is 1.29. The lowest BCUT2D eigenvalue weighted by Gasteiger charge is -2.22. The molecule has 0 aromatic rings. The Bertz CT molecular complexity index is 150. The third kappa shape index (κ3) is 4.85. The summed E-state index contributed by atoms with van der Waals surface area (Å²) in [6, 6.07) is -0.364. The lowest BCUT2D eigenvalue weighted by atomic mass is 10.2. The van der Waals surface area contributed by atoms with Crippen LogP contribution in [0, 0.1) is 0 Å². The third-order valence-electron chi connectivity index (χ3n) is 2.06. The van der Waals surface area contributed by atoms with Crippen molar-refractivity contribution in [3.8, 4) is 0 Å². The molecule has 1 unspecified atom stereocenters. The van der Waals surface area contributed by atoms with Crippen molar-refractivity contribution >= 4 is 5.97 Å². The van der Waals surface area contributed by atoms with Crippen molar-refractivity contribution in [1.82, 2.24) is 4.90 Å². The van der Waals surface area contributed by atoms with Crippen LogP contribution >= 0.6 is 0 Å². The molecule has 4 heteroatoms. The van der Waals surface area contributed by atoms with Crippen molar-refractivity contribution in [2.24, 2.45) is 0 Å². The van der Waals surface area contributed by atoms with Gasteiger partial charge in [-0.2, -0.15) is 0 Å². The molecule has 1 N–H and O–H groups in total. The predicted molar refractivity (Wildman–Crippen MR) is 50.8 cm³/mol. The third-order valence-corrected chi connectivity index (χ3v) is 2.06. The van der Waals surface area contributed by atoms with Crippen molar-refractivity contribution in [2.75, 3.05) is 27.3 Å². The summed E-state index contributed by atoms with van der Waals surface area (Å²) in [5, 5.41) is 8.83. The van der Waals surface area contributed by atoms with E-state index in [1.807, 2.05) is 18.9 Å². The Morgan fingerprint density at radius 1 is 1.62 bits per heavy atom. The summed E-state index contributed by atoms with van der Waals surface area (Å²) in [4.78, 5) is 12.6. The van der Waals surface area contributed by atoms with Crippen LogP contribution in [0.25, 0.3) is 0 Å². The molecule has 78 valence electrons. The van der Waals surface area contributed by atoms with Crippen LogP contribution in [0.3, 0.4) is 0 Å². The highest BCUT2D eigenvalue weighted by Crippen LogP contribution is 2.02. The number of nitrogens with zero attached hydrogens (tertiary/aromatic N) is 1. The number of hydrogen-bond acceptors (Lipinski definition) is 3. The zero-order chi connectivity index (χ0) is 10.3. The van der Waals surface area contributed by atoms with E-state index >= 15 is 0 Å². The average molecular weight is 189 g/mol. The Morgan fingerprint density at radius 2 is 2.23 bits per heavy atom. The normalized spacial score (nSPS) is 13.2. The summed E-state index contributed by atoms with van der Waals surface area (Å²) in [6.45, 7) is 3.32. The number of methoxy groups -OCH3 is 1. The molecular formula is C9H19NO3. The molecule has 0 bridgehead atoms. The lowest BCUT2D eigenvalue weighted by Crippen LogP contribution is -2.38. The Balaban J connectivity index is 3.77. The molecule has 0 saturated heterocycles. The molecule has 13 heavy (non-hydrogen) atoms. The fraction of sp³-hybridized carbons (Fsp3) is 0.889. The Kier molecular flexibility index (Phi) is 6.54. The van der Waals surface area contributed by atoms with Crippen molar-refractivity contribution in [3.63, 3.8) is 0 Å². The molecule has 0 aliphatic carbocycles. The van der Waals surface area contributed by atoms with Crippen molar-refractivity contribution in [2.45, 2.75) is 25.8 Å². The molecule has 0 aliphatic rings. The highest BCUT2D eigenvalue weighted by Gasteiger charge is 2.19. The van der Waals surface area contributed by atoms with Crippen LogP contribution in [0.5, 0.6) is 0 Å². The number of likely N-dealkylation sites (N-methyl/N-ethyl adjacent to an activating group) is 1. The first-order valence-electron chi connectivity index (χ1n) is 4.55. The maximum absolute atomic E-state index is 10.7. The SMILES string of the molecule is CCC(C(=O)O)N(C)CCCOC. The average Bonchev–Trinajstić information content (AvgIpc) is 2.05. The Hall–Kier alpha value is -0.610. The number of carboxylic acid groups (broad SMARTS) is 1. The zero-order valence-corrected chi connectivity index (χ0v) is 8.62. The van der Waals surface area contributed by atoms with Gasteiger partial charge in [0.05, 0.1) is 0 Å². The van der Waals surface area contributed by atoms with Crippen molar-refractivity contribution < 1.29 is 14.6 Å². The van der Waals surface area contributed by atoms with E-state index in [2.05, 4.69) is 0 Å². The highest BCUT2D eigenvalue weighted by molar-refractivity contribution is 5.73. The summed E-state index contributed by atoms with van der Waals surface area (Å²) in [5.41, 5.74) is 0. The van der Waals surface area contributed by atoms with Crippen LogP contribution in [0.4, 0.5) is 0 Å². The topological polar surface area (TPSA) is 49.8 Å². The van der Waals surface area contributed by atoms with Crippen LogP contribution in [-0.4, -0.2) is 49.3 Å². The second-order valence-corrected chi connectivity index (χ2v) is 3.09. The molecule has 1 atom stereocenters. The molecule has 0 rings (SSSR count).